The first kappa shape index (κ1) is 16.1. The fourth-order valence-electron chi connectivity index (χ4n) is 3.73. The first-order valence-corrected chi connectivity index (χ1v) is 9.09. The van der Waals surface area contributed by atoms with Gasteiger partial charge in [-0.15, -0.1) is 15.3 Å². The van der Waals surface area contributed by atoms with Crippen molar-refractivity contribution in [3.05, 3.63) is 66.2 Å². The number of aromatic nitrogens is 4. The third kappa shape index (κ3) is 2.90. The molecule has 0 amide bonds. The molecule has 4 aromatic rings. The maximum absolute atomic E-state index is 13.9. The molecule has 0 radical (unpaired) electrons. The van der Waals surface area contributed by atoms with Gasteiger partial charge in [-0.25, -0.2) is 4.39 Å². The lowest BCUT2D eigenvalue weighted by atomic mass is 10.1. The summed E-state index contributed by atoms with van der Waals surface area (Å²) in [4.78, 5) is 4.58. The Bertz CT molecular complexity index is 1100. The van der Waals surface area contributed by atoms with Crippen LogP contribution in [0.3, 0.4) is 0 Å². The van der Waals surface area contributed by atoms with Crippen LogP contribution >= 0.6 is 0 Å². The minimum atomic E-state index is -0.134. The third-order valence-corrected chi connectivity index (χ3v) is 5.17. The van der Waals surface area contributed by atoms with Crippen molar-refractivity contribution in [1.82, 2.24) is 24.7 Å². The van der Waals surface area contributed by atoms with Crippen LogP contribution < -0.4 is 4.90 Å². The SMILES string of the molecule is Fc1ccccc1CN1CCN(c2nn3cnnc3c3ccccc23)CC1. The fraction of sp³-hybridized carbons (Fsp3) is 0.250. The Labute approximate surface area is 155 Å². The molecule has 0 spiro atoms. The van der Waals surface area contributed by atoms with Gasteiger partial charge in [0.15, 0.2) is 11.5 Å². The molecule has 136 valence electrons. The van der Waals surface area contributed by atoms with Gasteiger partial charge in [-0.2, -0.15) is 4.52 Å². The molecule has 27 heavy (non-hydrogen) atoms. The largest absolute Gasteiger partial charge is 0.352 e. The van der Waals surface area contributed by atoms with Crippen LogP contribution in [-0.4, -0.2) is 50.9 Å². The Morgan fingerprint density at radius 2 is 1.63 bits per heavy atom. The molecular weight excluding hydrogens is 343 g/mol. The van der Waals surface area contributed by atoms with Crippen LogP contribution in [0.2, 0.25) is 0 Å². The third-order valence-electron chi connectivity index (χ3n) is 5.17. The molecule has 2 aromatic heterocycles. The molecule has 6 nitrogen and oxygen atoms in total. The molecule has 1 fully saturated rings. The summed E-state index contributed by atoms with van der Waals surface area (Å²) < 4.78 is 15.7. The van der Waals surface area contributed by atoms with Crippen molar-refractivity contribution in [2.45, 2.75) is 6.54 Å². The summed E-state index contributed by atoms with van der Waals surface area (Å²) in [6.07, 6.45) is 1.64. The van der Waals surface area contributed by atoms with Gasteiger partial charge >= 0.3 is 0 Å². The number of fused-ring (bicyclic) bond motifs is 3. The molecule has 0 saturated carbocycles. The van der Waals surface area contributed by atoms with Gasteiger partial charge in [-0.1, -0.05) is 42.5 Å². The molecule has 0 bridgehead atoms. The highest BCUT2D eigenvalue weighted by molar-refractivity contribution is 6.00. The van der Waals surface area contributed by atoms with Gasteiger partial charge in [0, 0.05) is 49.1 Å². The highest BCUT2D eigenvalue weighted by Gasteiger charge is 2.22. The number of hydrogen-bond donors (Lipinski definition) is 0. The average Bonchev–Trinajstić information content (AvgIpc) is 3.19. The molecule has 0 atom stereocenters. The lowest BCUT2D eigenvalue weighted by Crippen LogP contribution is -2.46. The van der Waals surface area contributed by atoms with Crippen LogP contribution in [0.15, 0.2) is 54.9 Å². The topological polar surface area (TPSA) is 49.6 Å². The number of rotatable bonds is 3. The zero-order valence-corrected chi connectivity index (χ0v) is 14.8. The molecule has 1 aliphatic rings. The first-order chi connectivity index (χ1) is 13.3. The number of halogens is 1. The number of hydrogen-bond acceptors (Lipinski definition) is 5. The zero-order chi connectivity index (χ0) is 18.2. The lowest BCUT2D eigenvalue weighted by molar-refractivity contribution is 0.246. The highest BCUT2D eigenvalue weighted by atomic mass is 19.1. The van der Waals surface area contributed by atoms with E-state index in [2.05, 4.69) is 32.1 Å². The molecular formula is C20H19FN6. The van der Waals surface area contributed by atoms with Gasteiger partial charge in [-0.3, -0.25) is 4.90 Å². The molecule has 5 rings (SSSR count). The Hall–Kier alpha value is -3.06. The van der Waals surface area contributed by atoms with E-state index in [1.54, 1.807) is 16.9 Å². The van der Waals surface area contributed by atoms with Gasteiger partial charge in [-0.05, 0) is 6.07 Å². The lowest BCUT2D eigenvalue weighted by Gasteiger charge is -2.35. The predicted molar refractivity (Wildman–Crippen MR) is 102 cm³/mol. The minimum Gasteiger partial charge on any atom is -0.352 e. The van der Waals surface area contributed by atoms with Gasteiger partial charge in [0.2, 0.25) is 0 Å². The Kier molecular flexibility index (Phi) is 3.94. The van der Waals surface area contributed by atoms with Crippen LogP contribution in [-0.2, 0) is 6.54 Å². The second-order valence-electron chi connectivity index (χ2n) is 6.82. The normalized spacial score (nSPS) is 15.7. The molecule has 7 heteroatoms. The van der Waals surface area contributed by atoms with Gasteiger partial charge in [0.1, 0.15) is 12.1 Å². The van der Waals surface area contributed by atoms with E-state index in [4.69, 9.17) is 5.10 Å². The molecule has 0 unspecified atom stereocenters. The van der Waals surface area contributed by atoms with E-state index in [0.717, 1.165) is 54.0 Å². The quantitative estimate of drug-likeness (QED) is 0.561. The summed E-state index contributed by atoms with van der Waals surface area (Å²) in [5.74, 6) is 0.814. The number of anilines is 1. The summed E-state index contributed by atoms with van der Waals surface area (Å²) in [5, 5.41) is 15.1. The van der Waals surface area contributed by atoms with E-state index in [-0.39, 0.29) is 5.82 Å². The van der Waals surface area contributed by atoms with Crippen LogP contribution in [0.5, 0.6) is 0 Å². The van der Waals surface area contributed by atoms with E-state index in [1.165, 1.54) is 6.07 Å². The highest BCUT2D eigenvalue weighted by Crippen LogP contribution is 2.27. The summed E-state index contributed by atoms with van der Waals surface area (Å²) >= 11 is 0. The standard InChI is InChI=1S/C20H19FN6/c21-18-8-4-1-5-15(18)13-25-9-11-26(12-10-25)20-17-7-3-2-6-16(17)19-23-22-14-27(19)24-20/h1-8,14H,9-13H2. The fourth-order valence-corrected chi connectivity index (χ4v) is 3.73. The number of piperazine rings is 1. The molecule has 0 aliphatic carbocycles. The van der Waals surface area contributed by atoms with E-state index >= 15 is 0 Å². The van der Waals surface area contributed by atoms with Crippen molar-refractivity contribution in [2.24, 2.45) is 0 Å². The number of nitrogens with zero attached hydrogens (tertiary/aromatic N) is 6. The van der Waals surface area contributed by atoms with Crippen LogP contribution in [0.1, 0.15) is 5.56 Å². The molecule has 0 N–H and O–H groups in total. The monoisotopic (exact) mass is 362 g/mol. The van der Waals surface area contributed by atoms with Crippen molar-refractivity contribution in [2.75, 3.05) is 31.1 Å². The Morgan fingerprint density at radius 3 is 2.44 bits per heavy atom. The summed E-state index contributed by atoms with van der Waals surface area (Å²) in [7, 11) is 0. The summed E-state index contributed by atoms with van der Waals surface area (Å²) in [6.45, 7) is 4.06. The second-order valence-corrected chi connectivity index (χ2v) is 6.82. The van der Waals surface area contributed by atoms with E-state index < -0.39 is 0 Å². The van der Waals surface area contributed by atoms with Crippen molar-refractivity contribution in [1.29, 1.82) is 0 Å². The van der Waals surface area contributed by atoms with Crippen LogP contribution in [0, 0.1) is 5.82 Å². The molecule has 1 saturated heterocycles. The van der Waals surface area contributed by atoms with Gasteiger partial charge < -0.3 is 4.90 Å². The van der Waals surface area contributed by atoms with Gasteiger partial charge in [0.25, 0.3) is 0 Å². The predicted octanol–water partition coefficient (Wildman–Crippen LogP) is 2.74. The van der Waals surface area contributed by atoms with E-state index in [9.17, 15) is 4.39 Å². The number of benzene rings is 2. The Balaban J connectivity index is 1.40. The molecule has 2 aromatic carbocycles. The smallest absolute Gasteiger partial charge is 0.185 e. The molecule has 1 aliphatic heterocycles. The minimum absolute atomic E-state index is 0.134. The van der Waals surface area contributed by atoms with E-state index in [1.807, 2.05) is 24.3 Å². The van der Waals surface area contributed by atoms with Crippen molar-refractivity contribution in [3.63, 3.8) is 0 Å². The zero-order valence-electron chi connectivity index (χ0n) is 14.8. The Morgan fingerprint density at radius 1 is 0.889 bits per heavy atom. The van der Waals surface area contributed by atoms with Crippen LogP contribution in [0.4, 0.5) is 10.2 Å². The average molecular weight is 362 g/mol. The summed E-state index contributed by atoms with van der Waals surface area (Å²) in [5.41, 5.74) is 1.52. The maximum atomic E-state index is 13.9. The van der Waals surface area contributed by atoms with E-state index in [0.29, 0.717) is 6.54 Å². The summed E-state index contributed by atoms with van der Waals surface area (Å²) in [6, 6.07) is 15.2. The van der Waals surface area contributed by atoms with Gasteiger partial charge in [0.05, 0.1) is 0 Å². The molecule has 3 heterocycles. The van der Waals surface area contributed by atoms with Crippen molar-refractivity contribution in [3.8, 4) is 0 Å². The van der Waals surface area contributed by atoms with Crippen molar-refractivity contribution >= 4 is 22.2 Å². The maximum Gasteiger partial charge on any atom is 0.185 e. The first-order valence-electron chi connectivity index (χ1n) is 9.09. The second kappa shape index (κ2) is 6.59. The van der Waals surface area contributed by atoms with Crippen LogP contribution in [0.25, 0.3) is 16.4 Å². The van der Waals surface area contributed by atoms with Crippen molar-refractivity contribution < 1.29 is 4.39 Å².